The summed E-state index contributed by atoms with van der Waals surface area (Å²) in [5, 5.41) is 3.80. The van der Waals surface area contributed by atoms with Gasteiger partial charge in [0.1, 0.15) is 5.01 Å². The number of ether oxygens (including phenoxy) is 1. The Morgan fingerprint density at radius 3 is 2.56 bits per heavy atom. The monoisotopic (exact) mass is 538 g/mol. The molecule has 0 unspecified atom stereocenters. The van der Waals surface area contributed by atoms with E-state index in [2.05, 4.69) is 40.3 Å². The van der Waals surface area contributed by atoms with Gasteiger partial charge in [0.05, 0.1) is 15.6 Å². The number of alkyl halides is 1. The summed E-state index contributed by atoms with van der Waals surface area (Å²) >= 11 is 5.59. The first-order chi connectivity index (χ1) is 16.3. The van der Waals surface area contributed by atoms with Gasteiger partial charge >= 0.3 is 5.97 Å². The van der Waals surface area contributed by atoms with E-state index in [1.54, 1.807) is 11.3 Å². The van der Waals surface area contributed by atoms with Gasteiger partial charge in [0.15, 0.2) is 6.61 Å². The maximum Gasteiger partial charge on any atom is 0.312 e. The summed E-state index contributed by atoms with van der Waals surface area (Å²) in [7, 11) is 0. The van der Waals surface area contributed by atoms with Gasteiger partial charge in [-0.2, -0.15) is 0 Å². The van der Waals surface area contributed by atoms with E-state index < -0.39 is 5.41 Å². The van der Waals surface area contributed by atoms with Crippen LogP contribution in [0.5, 0.6) is 0 Å². The number of halogens is 1. The third-order valence-electron chi connectivity index (χ3n) is 7.72. The summed E-state index contributed by atoms with van der Waals surface area (Å²) in [5.74, 6) is 0.691. The van der Waals surface area contributed by atoms with Crippen LogP contribution in [0.15, 0.2) is 42.5 Å². The van der Waals surface area contributed by atoms with Crippen LogP contribution in [0.1, 0.15) is 44.1 Å². The molecule has 1 heterocycles. The van der Waals surface area contributed by atoms with E-state index >= 15 is 0 Å². The number of esters is 1. The van der Waals surface area contributed by atoms with E-state index in [9.17, 15) is 9.59 Å². The number of thiazole rings is 1. The summed E-state index contributed by atoms with van der Waals surface area (Å²) in [6.07, 6.45) is 6.20. The van der Waals surface area contributed by atoms with E-state index in [1.165, 1.54) is 16.7 Å². The number of aromatic nitrogens is 1. The molecule has 0 saturated heterocycles. The van der Waals surface area contributed by atoms with Gasteiger partial charge in [0, 0.05) is 15.6 Å². The van der Waals surface area contributed by atoms with Crippen LogP contribution in [0.4, 0.5) is 5.69 Å². The highest BCUT2D eigenvalue weighted by molar-refractivity contribution is 9.10. The largest absolute Gasteiger partial charge is 0.455 e. The first kappa shape index (κ1) is 22.2. The molecule has 2 aromatic carbocycles. The molecule has 1 aromatic heterocycles. The number of aryl methyl sites for hydroxylation is 1. The second-order valence-corrected chi connectivity index (χ2v) is 13.3. The predicted octanol–water partition coefficient (Wildman–Crippen LogP) is 6.49. The molecular weight excluding hydrogens is 512 g/mol. The first-order valence-electron chi connectivity index (χ1n) is 11.9. The van der Waals surface area contributed by atoms with Gasteiger partial charge in [-0.3, -0.25) is 9.59 Å². The molecule has 4 aliphatic carbocycles. The zero-order chi connectivity index (χ0) is 23.5. The van der Waals surface area contributed by atoms with Gasteiger partial charge in [0.25, 0.3) is 5.91 Å². The minimum absolute atomic E-state index is 0.0855. The van der Waals surface area contributed by atoms with E-state index in [0.29, 0.717) is 17.5 Å². The highest BCUT2D eigenvalue weighted by atomic mass is 79.9. The van der Waals surface area contributed by atoms with Crippen LogP contribution < -0.4 is 5.32 Å². The highest BCUT2D eigenvalue weighted by Gasteiger charge is 2.60. The number of nitrogens with zero attached hydrogens (tertiary/aromatic N) is 1. The maximum absolute atomic E-state index is 13.1. The van der Waals surface area contributed by atoms with Crippen molar-refractivity contribution in [3.8, 4) is 10.6 Å². The molecular formula is C27H27BrN2O3S. The van der Waals surface area contributed by atoms with Crippen molar-refractivity contribution in [1.29, 1.82) is 0 Å². The van der Waals surface area contributed by atoms with Gasteiger partial charge in [-0.05, 0) is 99.2 Å². The van der Waals surface area contributed by atoms with E-state index in [-0.39, 0.29) is 22.8 Å². The zero-order valence-corrected chi connectivity index (χ0v) is 21.5. The Hall–Kier alpha value is -2.25. The summed E-state index contributed by atoms with van der Waals surface area (Å²) in [6, 6.07) is 13.9. The van der Waals surface area contributed by atoms with Crippen LogP contribution in [-0.4, -0.2) is 27.8 Å². The zero-order valence-electron chi connectivity index (χ0n) is 19.1. The van der Waals surface area contributed by atoms with Crippen LogP contribution >= 0.6 is 27.3 Å². The fourth-order valence-electron chi connectivity index (χ4n) is 6.72. The third kappa shape index (κ3) is 4.07. The second-order valence-electron chi connectivity index (χ2n) is 10.6. The normalized spacial score (nSPS) is 29.4. The van der Waals surface area contributed by atoms with Crippen LogP contribution in [0.2, 0.25) is 0 Å². The average Bonchev–Trinajstić information content (AvgIpc) is 3.19. The molecule has 0 spiro atoms. The van der Waals surface area contributed by atoms with E-state index in [1.807, 2.05) is 30.3 Å². The van der Waals surface area contributed by atoms with Crippen molar-refractivity contribution < 1.29 is 14.3 Å². The lowest BCUT2D eigenvalue weighted by molar-refractivity contribution is -0.170. The number of hydrogen-bond donors (Lipinski definition) is 1. The lowest BCUT2D eigenvalue weighted by Gasteiger charge is -2.58. The Kier molecular flexibility index (Phi) is 5.34. The molecule has 3 aromatic rings. The second kappa shape index (κ2) is 8.16. The Labute approximate surface area is 211 Å². The number of amides is 1. The molecule has 2 atom stereocenters. The number of carbonyl (C=O) groups is 2. The van der Waals surface area contributed by atoms with Crippen molar-refractivity contribution in [3.63, 3.8) is 0 Å². The van der Waals surface area contributed by atoms with Crippen molar-refractivity contribution in [2.75, 3.05) is 11.9 Å². The molecule has 4 saturated carbocycles. The number of nitrogens with one attached hydrogen (secondary N) is 1. The van der Waals surface area contributed by atoms with Crippen LogP contribution in [0, 0.1) is 24.2 Å². The molecule has 176 valence electrons. The smallest absolute Gasteiger partial charge is 0.312 e. The lowest BCUT2D eigenvalue weighted by atomic mass is 9.49. The van der Waals surface area contributed by atoms with Gasteiger partial charge in [-0.15, -0.1) is 11.3 Å². The van der Waals surface area contributed by atoms with Crippen molar-refractivity contribution in [3.05, 3.63) is 48.0 Å². The number of fused-ring (bicyclic) bond motifs is 1. The van der Waals surface area contributed by atoms with Crippen LogP contribution in [-0.2, 0) is 14.3 Å². The molecule has 7 heteroatoms. The minimum atomic E-state index is -0.411. The average molecular weight is 539 g/mol. The third-order valence-corrected chi connectivity index (χ3v) is 9.71. The van der Waals surface area contributed by atoms with Crippen molar-refractivity contribution in [1.82, 2.24) is 4.98 Å². The number of anilines is 1. The molecule has 4 fully saturated rings. The highest BCUT2D eigenvalue weighted by Crippen LogP contribution is 2.64. The number of hydrogen-bond acceptors (Lipinski definition) is 5. The van der Waals surface area contributed by atoms with Gasteiger partial charge < -0.3 is 10.1 Å². The Morgan fingerprint density at radius 1 is 1.12 bits per heavy atom. The topological polar surface area (TPSA) is 68.3 Å². The fraction of sp³-hybridized carbons (Fsp3) is 0.444. The molecule has 0 aliphatic heterocycles. The summed E-state index contributed by atoms with van der Waals surface area (Å²) in [4.78, 5) is 30.3. The summed E-state index contributed by atoms with van der Waals surface area (Å²) < 4.78 is 6.81. The molecule has 0 radical (unpaired) electrons. The van der Waals surface area contributed by atoms with Crippen molar-refractivity contribution in [2.24, 2.45) is 17.3 Å². The van der Waals surface area contributed by atoms with Crippen molar-refractivity contribution >= 4 is 55.0 Å². The first-order valence-corrected chi connectivity index (χ1v) is 13.5. The standard InChI is InChI=1S/C27H27BrN2O3S/c1-16-2-7-21-22(8-16)34-24(30-21)19-3-5-20(6-4-19)29-23(31)14-33-25(32)26-10-17-9-18(11-26)13-27(28,12-17)15-26/h2-8,17-18H,9-15H2,1H3,(H,29,31)/t17-,18-,26?,27?/m1/s1. The van der Waals surface area contributed by atoms with E-state index in [0.717, 1.165) is 48.2 Å². The van der Waals surface area contributed by atoms with Crippen LogP contribution in [0.3, 0.4) is 0 Å². The molecule has 5 nitrogen and oxygen atoms in total. The van der Waals surface area contributed by atoms with Gasteiger partial charge in [-0.25, -0.2) is 4.98 Å². The Morgan fingerprint density at radius 2 is 1.85 bits per heavy atom. The fourth-order valence-corrected chi connectivity index (χ4v) is 9.24. The molecule has 4 aliphatic rings. The quantitative estimate of drug-likeness (QED) is 0.298. The van der Waals surface area contributed by atoms with Crippen LogP contribution in [0.25, 0.3) is 20.8 Å². The Bertz CT molecular complexity index is 1270. The summed E-state index contributed by atoms with van der Waals surface area (Å²) in [5.41, 5.74) is 3.49. The predicted molar refractivity (Wildman–Crippen MR) is 138 cm³/mol. The molecule has 7 rings (SSSR count). The summed E-state index contributed by atoms with van der Waals surface area (Å²) in [6.45, 7) is 1.83. The van der Waals surface area contributed by atoms with Crippen molar-refractivity contribution in [2.45, 2.75) is 49.8 Å². The molecule has 34 heavy (non-hydrogen) atoms. The minimum Gasteiger partial charge on any atom is -0.455 e. The Balaban J connectivity index is 1.07. The lowest BCUT2D eigenvalue weighted by Crippen LogP contribution is -2.56. The number of rotatable bonds is 5. The van der Waals surface area contributed by atoms with Gasteiger partial charge in [0.2, 0.25) is 0 Å². The SMILES string of the molecule is Cc1ccc2nc(-c3ccc(NC(=O)COC(=O)C45C[C@H]6C[C@@H](CC(Br)(C6)C4)C5)cc3)sc2c1. The van der Waals surface area contributed by atoms with E-state index in [4.69, 9.17) is 9.72 Å². The number of benzene rings is 2. The molecule has 1 N–H and O–H groups in total. The molecule has 4 bridgehead atoms. The van der Waals surface area contributed by atoms with Gasteiger partial charge in [-0.1, -0.05) is 22.0 Å². The number of carbonyl (C=O) groups excluding carboxylic acids is 2. The molecule has 1 amide bonds. The maximum atomic E-state index is 13.1.